The maximum absolute atomic E-state index is 12.0. The first-order valence-corrected chi connectivity index (χ1v) is 7.10. The van der Waals surface area contributed by atoms with Crippen LogP contribution in [0.3, 0.4) is 0 Å². The van der Waals surface area contributed by atoms with Gasteiger partial charge < -0.3 is 9.80 Å². The summed E-state index contributed by atoms with van der Waals surface area (Å²) in [7, 11) is 3.07. The van der Waals surface area contributed by atoms with Crippen LogP contribution in [0, 0.1) is 5.92 Å². The van der Waals surface area contributed by atoms with Gasteiger partial charge in [0.25, 0.3) is 0 Å². The molecule has 1 unspecified atom stereocenters. The summed E-state index contributed by atoms with van der Waals surface area (Å²) >= 11 is 0. The number of nitrogens with one attached hydrogen (secondary N) is 1. The number of amides is 3. The van der Waals surface area contributed by atoms with Crippen molar-refractivity contribution in [3.8, 4) is 0 Å². The minimum Gasteiger partial charge on any atom is -0.341 e. The number of carbonyl (C=O) groups excluding carboxylic acids is 3. The number of nitrogens with zero attached hydrogens (tertiary/aromatic N) is 2. The molecule has 21 heavy (non-hydrogen) atoms. The summed E-state index contributed by atoms with van der Waals surface area (Å²) in [5.74, 6) is -1.73. The molecular weight excluding hydrogens is 274 g/mol. The second kappa shape index (κ2) is 6.89. The highest BCUT2D eigenvalue weighted by atomic mass is 16.7. The molecule has 0 aromatic rings. The summed E-state index contributed by atoms with van der Waals surface area (Å²) in [4.78, 5) is 43.7. The molecule has 1 aliphatic rings. The first-order chi connectivity index (χ1) is 9.61. The number of hydrogen-bond acceptors (Lipinski definition) is 4. The summed E-state index contributed by atoms with van der Waals surface area (Å²) in [6.45, 7) is 6.25. The summed E-state index contributed by atoms with van der Waals surface area (Å²) in [6.07, 6.45) is 1.37. The van der Waals surface area contributed by atoms with Crippen LogP contribution in [0.5, 0.6) is 0 Å². The third-order valence-corrected chi connectivity index (χ3v) is 3.13. The molecule has 1 rings (SSSR count). The molecule has 0 aromatic heterocycles. The highest BCUT2D eigenvalue weighted by Gasteiger charge is 2.32. The van der Waals surface area contributed by atoms with Gasteiger partial charge in [-0.3, -0.25) is 19.2 Å². The van der Waals surface area contributed by atoms with E-state index in [0.717, 1.165) is 0 Å². The molecule has 0 spiro atoms. The first-order valence-electron chi connectivity index (χ1n) is 7.10. The van der Waals surface area contributed by atoms with E-state index in [1.54, 1.807) is 0 Å². The zero-order valence-corrected chi connectivity index (χ0v) is 13.4. The Hall–Kier alpha value is -1.63. The molecule has 1 N–H and O–H groups in total. The Morgan fingerprint density at radius 2 is 1.86 bits per heavy atom. The van der Waals surface area contributed by atoms with E-state index in [-0.39, 0.29) is 18.4 Å². The normalized spacial score (nSPS) is 19.1. The van der Waals surface area contributed by atoms with E-state index < -0.39 is 17.4 Å². The van der Waals surface area contributed by atoms with Crippen molar-refractivity contribution < 1.29 is 19.2 Å². The van der Waals surface area contributed by atoms with Crippen molar-refractivity contribution in [1.82, 2.24) is 15.3 Å². The molecule has 1 fully saturated rings. The van der Waals surface area contributed by atoms with E-state index in [4.69, 9.17) is 4.84 Å². The van der Waals surface area contributed by atoms with Gasteiger partial charge in [-0.15, -0.1) is 0 Å². The standard InChI is InChI=1S/C14H25N3O4/c1-14(2,3)21-15-11(18)10-7-6-8-17(9-10)13(20)12(19)16(4)5/h10H,6-9H2,1-5H3,(H,15,18). The zero-order valence-electron chi connectivity index (χ0n) is 13.4. The molecule has 0 bridgehead atoms. The maximum Gasteiger partial charge on any atom is 0.312 e. The largest absolute Gasteiger partial charge is 0.341 e. The van der Waals surface area contributed by atoms with Crippen molar-refractivity contribution >= 4 is 17.7 Å². The summed E-state index contributed by atoms with van der Waals surface area (Å²) in [5.41, 5.74) is 1.96. The summed E-state index contributed by atoms with van der Waals surface area (Å²) < 4.78 is 0. The molecule has 7 nitrogen and oxygen atoms in total. The lowest BCUT2D eigenvalue weighted by Gasteiger charge is -2.32. The smallest absolute Gasteiger partial charge is 0.312 e. The number of hydroxylamine groups is 1. The van der Waals surface area contributed by atoms with E-state index in [2.05, 4.69) is 5.48 Å². The maximum atomic E-state index is 12.0. The monoisotopic (exact) mass is 299 g/mol. The second-order valence-corrected chi connectivity index (χ2v) is 6.47. The fourth-order valence-electron chi connectivity index (χ4n) is 1.99. The first kappa shape index (κ1) is 17.4. The second-order valence-electron chi connectivity index (χ2n) is 6.47. The van der Waals surface area contributed by atoms with Crippen LogP contribution < -0.4 is 5.48 Å². The topological polar surface area (TPSA) is 79.0 Å². The predicted molar refractivity (Wildman–Crippen MR) is 77.0 cm³/mol. The number of rotatable bonds is 2. The van der Waals surface area contributed by atoms with Crippen LogP contribution in [0.4, 0.5) is 0 Å². The van der Waals surface area contributed by atoms with Crippen molar-refractivity contribution in [2.24, 2.45) is 5.92 Å². The Bertz CT molecular complexity index is 415. The van der Waals surface area contributed by atoms with Crippen LogP contribution in [0.2, 0.25) is 0 Å². The minimum atomic E-state index is -0.568. The Morgan fingerprint density at radius 3 is 2.38 bits per heavy atom. The fourth-order valence-corrected chi connectivity index (χ4v) is 1.99. The van der Waals surface area contributed by atoms with Crippen LogP contribution >= 0.6 is 0 Å². The average Bonchev–Trinajstić information content (AvgIpc) is 2.42. The molecule has 1 saturated heterocycles. The number of likely N-dealkylation sites (N-methyl/N-ethyl adjacent to an activating group) is 1. The molecule has 1 atom stereocenters. The molecule has 0 aliphatic carbocycles. The molecule has 1 aliphatic heterocycles. The minimum absolute atomic E-state index is 0.248. The highest BCUT2D eigenvalue weighted by Crippen LogP contribution is 2.17. The van der Waals surface area contributed by atoms with Gasteiger partial charge in [0.05, 0.1) is 11.5 Å². The van der Waals surface area contributed by atoms with Crippen LogP contribution in [-0.2, 0) is 19.2 Å². The fraction of sp³-hybridized carbons (Fsp3) is 0.786. The third-order valence-electron chi connectivity index (χ3n) is 3.13. The van der Waals surface area contributed by atoms with E-state index in [0.29, 0.717) is 19.4 Å². The van der Waals surface area contributed by atoms with E-state index in [1.165, 1.54) is 23.9 Å². The van der Waals surface area contributed by atoms with Crippen LogP contribution in [0.1, 0.15) is 33.6 Å². The number of piperidine rings is 1. The molecule has 120 valence electrons. The van der Waals surface area contributed by atoms with E-state index >= 15 is 0 Å². The van der Waals surface area contributed by atoms with Gasteiger partial charge >= 0.3 is 11.8 Å². The van der Waals surface area contributed by atoms with Crippen molar-refractivity contribution in [2.45, 2.75) is 39.2 Å². The lowest BCUT2D eigenvalue weighted by atomic mass is 9.97. The average molecular weight is 299 g/mol. The van der Waals surface area contributed by atoms with Gasteiger partial charge in [0, 0.05) is 27.2 Å². The number of likely N-dealkylation sites (tertiary alicyclic amines) is 1. The Balaban J connectivity index is 2.58. The van der Waals surface area contributed by atoms with Crippen LogP contribution in [0.25, 0.3) is 0 Å². The number of hydrogen-bond donors (Lipinski definition) is 1. The molecule has 1 heterocycles. The lowest BCUT2D eigenvalue weighted by molar-refractivity contribution is -0.156. The molecule has 7 heteroatoms. The predicted octanol–water partition coefficient (Wildman–Crippen LogP) is 0.160. The van der Waals surface area contributed by atoms with Crippen molar-refractivity contribution in [2.75, 3.05) is 27.2 Å². The molecule has 3 amide bonds. The van der Waals surface area contributed by atoms with Crippen LogP contribution in [-0.4, -0.2) is 60.3 Å². The van der Waals surface area contributed by atoms with Crippen molar-refractivity contribution in [3.05, 3.63) is 0 Å². The summed E-state index contributed by atoms with van der Waals surface area (Å²) in [5, 5.41) is 0. The Morgan fingerprint density at radius 1 is 1.24 bits per heavy atom. The van der Waals surface area contributed by atoms with Gasteiger partial charge in [-0.2, -0.15) is 0 Å². The van der Waals surface area contributed by atoms with E-state index in [1.807, 2.05) is 20.8 Å². The molecule has 0 aromatic carbocycles. The highest BCUT2D eigenvalue weighted by molar-refractivity contribution is 6.34. The molecule has 0 saturated carbocycles. The van der Waals surface area contributed by atoms with Gasteiger partial charge in [0.15, 0.2) is 0 Å². The van der Waals surface area contributed by atoms with Crippen molar-refractivity contribution in [3.63, 3.8) is 0 Å². The Kier molecular flexibility index (Phi) is 5.71. The van der Waals surface area contributed by atoms with Gasteiger partial charge in [-0.1, -0.05) is 0 Å². The Labute approximate surface area is 125 Å². The van der Waals surface area contributed by atoms with Gasteiger partial charge in [0.2, 0.25) is 5.91 Å². The number of carbonyl (C=O) groups is 3. The third kappa shape index (κ3) is 5.34. The van der Waals surface area contributed by atoms with Gasteiger partial charge in [-0.25, -0.2) is 5.48 Å². The molecular formula is C14H25N3O4. The summed E-state index contributed by atoms with van der Waals surface area (Å²) in [6, 6.07) is 0. The van der Waals surface area contributed by atoms with E-state index in [9.17, 15) is 14.4 Å². The van der Waals surface area contributed by atoms with Gasteiger partial charge in [-0.05, 0) is 33.6 Å². The molecule has 0 radical (unpaired) electrons. The van der Waals surface area contributed by atoms with Crippen LogP contribution in [0.15, 0.2) is 0 Å². The lowest BCUT2D eigenvalue weighted by Crippen LogP contribution is -2.50. The van der Waals surface area contributed by atoms with Gasteiger partial charge in [0.1, 0.15) is 0 Å². The van der Waals surface area contributed by atoms with Crippen molar-refractivity contribution in [1.29, 1.82) is 0 Å². The SMILES string of the molecule is CN(C)C(=O)C(=O)N1CCCC(C(=O)NOC(C)(C)C)C1. The quantitative estimate of drug-likeness (QED) is 0.582. The zero-order chi connectivity index (χ0) is 16.2.